The van der Waals surface area contributed by atoms with E-state index in [9.17, 15) is 27.2 Å². The van der Waals surface area contributed by atoms with Crippen LogP contribution in [0.4, 0.5) is 23.2 Å². The molecule has 3 heterocycles. The first-order valence-electron chi connectivity index (χ1n) is 11.4. The van der Waals surface area contributed by atoms with Crippen LogP contribution in [0.25, 0.3) is 10.8 Å². The van der Waals surface area contributed by atoms with Crippen molar-refractivity contribution in [3.05, 3.63) is 81.0 Å². The third-order valence-corrected chi connectivity index (χ3v) is 6.19. The minimum Gasteiger partial charge on any atom is -0.374 e. The van der Waals surface area contributed by atoms with Gasteiger partial charge < -0.3 is 14.8 Å². The number of halogens is 4. The van der Waals surface area contributed by atoms with Crippen molar-refractivity contribution < 1.29 is 22.4 Å². The van der Waals surface area contributed by atoms with Crippen molar-refractivity contribution in [1.82, 2.24) is 29.9 Å². The molecule has 13 heteroatoms. The number of alkyl halides is 3. The molecular formula is C25H19F4N7O2. The van der Waals surface area contributed by atoms with Crippen LogP contribution < -0.4 is 10.9 Å². The van der Waals surface area contributed by atoms with Crippen LogP contribution in [0.2, 0.25) is 0 Å². The molecule has 5 rings (SSSR count). The van der Waals surface area contributed by atoms with E-state index in [0.717, 1.165) is 10.6 Å². The van der Waals surface area contributed by atoms with E-state index in [1.165, 1.54) is 17.0 Å². The van der Waals surface area contributed by atoms with Crippen molar-refractivity contribution in [2.75, 3.05) is 18.4 Å². The molecule has 1 amide bonds. The Bertz CT molecular complexity index is 1650. The van der Waals surface area contributed by atoms with Crippen molar-refractivity contribution in [3.63, 3.8) is 0 Å². The molecule has 0 unspecified atom stereocenters. The Balaban J connectivity index is 1.42. The third kappa shape index (κ3) is 4.68. The number of H-pyrrole nitrogens is 1. The molecule has 0 fully saturated rings. The number of aromatic amines is 1. The highest BCUT2D eigenvalue weighted by Gasteiger charge is 2.40. The van der Waals surface area contributed by atoms with Crippen LogP contribution in [-0.4, -0.2) is 48.9 Å². The zero-order chi connectivity index (χ0) is 27.0. The summed E-state index contributed by atoms with van der Waals surface area (Å²) in [6.07, 6.45) is 0.789. The largest absolute Gasteiger partial charge is 0.451 e. The summed E-state index contributed by atoms with van der Waals surface area (Å²) in [6, 6.07) is 9.09. The summed E-state index contributed by atoms with van der Waals surface area (Å²) >= 11 is 0. The average molecular weight is 525 g/mol. The van der Waals surface area contributed by atoms with Crippen molar-refractivity contribution in [2.24, 2.45) is 0 Å². The molecule has 2 aromatic heterocycles. The van der Waals surface area contributed by atoms with Gasteiger partial charge in [-0.3, -0.25) is 9.59 Å². The van der Waals surface area contributed by atoms with Gasteiger partial charge in [0.2, 0.25) is 5.82 Å². The summed E-state index contributed by atoms with van der Waals surface area (Å²) in [5, 5.41) is 17.3. The van der Waals surface area contributed by atoms with E-state index in [2.05, 4.69) is 31.6 Å². The van der Waals surface area contributed by atoms with Crippen LogP contribution in [0, 0.1) is 18.2 Å². The SMILES string of the molecule is C#CCNc1ccc2c(=O)[nH]nc(Cc3ccc(F)c(C(=O)N4CCn5c(nnc5C(F)(F)F)C4)c3)c2c1. The molecule has 0 atom stereocenters. The Kier molecular flexibility index (Phi) is 6.31. The number of amides is 1. The first kappa shape index (κ1) is 24.9. The van der Waals surface area contributed by atoms with Gasteiger partial charge in [0.1, 0.15) is 5.82 Å². The molecular weight excluding hydrogens is 506 g/mol. The normalized spacial score (nSPS) is 13.3. The van der Waals surface area contributed by atoms with Crippen molar-refractivity contribution >= 4 is 22.4 Å². The van der Waals surface area contributed by atoms with Gasteiger partial charge in [0, 0.05) is 30.6 Å². The number of carbonyl (C=O) groups is 1. The lowest BCUT2D eigenvalue weighted by molar-refractivity contribution is -0.147. The van der Waals surface area contributed by atoms with Gasteiger partial charge in [0.05, 0.1) is 29.7 Å². The number of hydrogen-bond acceptors (Lipinski definition) is 6. The Hall–Kier alpha value is -4.73. The fourth-order valence-electron chi connectivity index (χ4n) is 4.37. The monoisotopic (exact) mass is 525 g/mol. The van der Waals surface area contributed by atoms with E-state index in [4.69, 9.17) is 6.42 Å². The number of aromatic nitrogens is 5. The highest BCUT2D eigenvalue weighted by Crippen LogP contribution is 2.30. The molecule has 4 aromatic rings. The molecule has 38 heavy (non-hydrogen) atoms. The lowest BCUT2D eigenvalue weighted by Crippen LogP contribution is -2.39. The number of benzene rings is 2. The maximum absolute atomic E-state index is 14.7. The van der Waals surface area contributed by atoms with Gasteiger partial charge in [-0.15, -0.1) is 16.6 Å². The fourth-order valence-corrected chi connectivity index (χ4v) is 4.37. The Morgan fingerprint density at radius 1 is 1.13 bits per heavy atom. The minimum atomic E-state index is -4.67. The van der Waals surface area contributed by atoms with Gasteiger partial charge in [0.25, 0.3) is 11.5 Å². The Morgan fingerprint density at radius 3 is 2.71 bits per heavy atom. The number of terminal acetylenes is 1. The summed E-state index contributed by atoms with van der Waals surface area (Å²) < 4.78 is 55.0. The Labute approximate surface area is 212 Å². The van der Waals surface area contributed by atoms with Crippen LogP contribution in [0.5, 0.6) is 0 Å². The second-order valence-electron chi connectivity index (χ2n) is 8.62. The highest BCUT2D eigenvalue weighted by atomic mass is 19.4. The van der Waals surface area contributed by atoms with E-state index in [0.29, 0.717) is 27.7 Å². The van der Waals surface area contributed by atoms with Crippen LogP contribution in [0.15, 0.2) is 41.2 Å². The zero-order valence-corrected chi connectivity index (χ0v) is 19.6. The predicted molar refractivity (Wildman–Crippen MR) is 129 cm³/mol. The van der Waals surface area contributed by atoms with E-state index in [1.807, 2.05) is 0 Å². The van der Waals surface area contributed by atoms with Gasteiger partial charge in [-0.05, 0) is 35.9 Å². The molecule has 0 saturated carbocycles. The summed E-state index contributed by atoms with van der Waals surface area (Å²) in [5.74, 6) is -0.165. The molecule has 0 bridgehead atoms. The molecule has 2 aromatic carbocycles. The maximum atomic E-state index is 14.7. The first-order valence-corrected chi connectivity index (χ1v) is 11.4. The number of nitrogens with one attached hydrogen (secondary N) is 2. The smallest absolute Gasteiger partial charge is 0.374 e. The van der Waals surface area contributed by atoms with Crippen molar-refractivity contribution in [3.8, 4) is 12.3 Å². The molecule has 0 aliphatic carbocycles. The van der Waals surface area contributed by atoms with Crippen molar-refractivity contribution in [2.45, 2.75) is 25.7 Å². The van der Waals surface area contributed by atoms with Crippen LogP contribution in [0.1, 0.15) is 33.3 Å². The number of rotatable bonds is 5. The van der Waals surface area contributed by atoms with Gasteiger partial charge >= 0.3 is 6.18 Å². The van der Waals surface area contributed by atoms with E-state index >= 15 is 0 Å². The predicted octanol–water partition coefficient (Wildman–Crippen LogP) is 2.96. The van der Waals surface area contributed by atoms with E-state index in [-0.39, 0.29) is 49.5 Å². The molecule has 0 spiro atoms. The van der Waals surface area contributed by atoms with Gasteiger partial charge in [-0.2, -0.15) is 18.3 Å². The topological polar surface area (TPSA) is 109 Å². The van der Waals surface area contributed by atoms with E-state index < -0.39 is 23.7 Å². The molecule has 194 valence electrons. The Morgan fingerprint density at radius 2 is 1.95 bits per heavy atom. The standard InChI is InChI=1S/C25H19F4N7O2/c1-2-7-30-15-4-5-16-17(12-15)20(31-33-22(16)37)11-14-3-6-19(26)18(10-14)23(38)35-8-9-36-21(13-35)32-34-24(36)25(27,28)29/h1,3-6,10,12,30H,7-9,11,13H2,(H,33,37). The summed E-state index contributed by atoms with van der Waals surface area (Å²) in [5.41, 5.74) is 1.09. The number of carbonyl (C=O) groups excluding carboxylic acids is 1. The average Bonchev–Trinajstić information content (AvgIpc) is 3.34. The zero-order valence-electron chi connectivity index (χ0n) is 19.6. The molecule has 1 aliphatic heterocycles. The molecule has 9 nitrogen and oxygen atoms in total. The molecule has 0 saturated heterocycles. The maximum Gasteiger partial charge on any atom is 0.451 e. The fraction of sp³-hybridized carbons (Fsp3) is 0.240. The summed E-state index contributed by atoms with van der Waals surface area (Å²) in [6.45, 7) is -0.208. The highest BCUT2D eigenvalue weighted by molar-refractivity contribution is 5.95. The molecule has 2 N–H and O–H groups in total. The minimum absolute atomic E-state index is 0.0355. The van der Waals surface area contributed by atoms with Crippen LogP contribution in [0.3, 0.4) is 0 Å². The quantitative estimate of drug-likeness (QED) is 0.307. The number of anilines is 1. The van der Waals surface area contributed by atoms with E-state index in [1.54, 1.807) is 18.2 Å². The van der Waals surface area contributed by atoms with Crippen LogP contribution in [-0.2, 0) is 25.7 Å². The van der Waals surface area contributed by atoms with Gasteiger partial charge in [0.15, 0.2) is 5.82 Å². The van der Waals surface area contributed by atoms with Gasteiger partial charge in [-0.25, -0.2) is 9.49 Å². The molecule has 0 radical (unpaired) electrons. The number of nitrogens with zero attached hydrogens (tertiary/aromatic N) is 5. The van der Waals surface area contributed by atoms with Crippen LogP contribution >= 0.6 is 0 Å². The van der Waals surface area contributed by atoms with Crippen molar-refractivity contribution in [1.29, 1.82) is 0 Å². The summed E-state index contributed by atoms with van der Waals surface area (Å²) in [4.78, 5) is 26.7. The third-order valence-electron chi connectivity index (χ3n) is 6.19. The van der Waals surface area contributed by atoms with Gasteiger partial charge in [-0.1, -0.05) is 12.0 Å². The molecule has 1 aliphatic rings. The lowest BCUT2D eigenvalue weighted by atomic mass is 10.0. The first-order chi connectivity index (χ1) is 18.2. The second kappa shape index (κ2) is 9.62. The second-order valence-corrected chi connectivity index (χ2v) is 8.62. The number of hydrogen-bond donors (Lipinski definition) is 2. The lowest BCUT2D eigenvalue weighted by Gasteiger charge is -2.28. The number of fused-ring (bicyclic) bond motifs is 2. The summed E-state index contributed by atoms with van der Waals surface area (Å²) in [7, 11) is 0.